The number of halogens is 1. The van der Waals surface area contributed by atoms with E-state index in [9.17, 15) is 18.8 Å². The molecule has 2 amide bonds. The highest BCUT2D eigenvalue weighted by Gasteiger charge is 2.38. The van der Waals surface area contributed by atoms with Crippen LogP contribution in [-0.2, 0) is 19.1 Å². The van der Waals surface area contributed by atoms with Crippen LogP contribution in [-0.4, -0.2) is 73.3 Å². The molecule has 0 spiro atoms. The number of morpholine rings is 2. The Morgan fingerprint density at radius 1 is 1.19 bits per heavy atom. The first kappa shape index (κ1) is 19.2. The molecule has 2 aliphatic rings. The SMILES string of the molecule is CC(C(=O)O)C1OCCN(c2cc(F)cc(C(=O)N3CCOCC3)c2)C1=O. The number of hydrogen-bond acceptors (Lipinski definition) is 5. The molecular weight excluding hydrogens is 359 g/mol. The number of rotatable bonds is 4. The molecular formula is C18H21FN2O6. The Hall–Kier alpha value is -2.52. The third-order valence-corrected chi connectivity index (χ3v) is 4.70. The van der Waals surface area contributed by atoms with Gasteiger partial charge in [-0.25, -0.2) is 4.39 Å². The first-order valence-corrected chi connectivity index (χ1v) is 8.72. The summed E-state index contributed by atoms with van der Waals surface area (Å²) in [5.41, 5.74) is 0.344. The van der Waals surface area contributed by atoms with Crippen LogP contribution < -0.4 is 4.90 Å². The van der Waals surface area contributed by atoms with Gasteiger partial charge in [0.05, 0.1) is 25.7 Å². The zero-order chi connectivity index (χ0) is 19.6. The van der Waals surface area contributed by atoms with E-state index in [4.69, 9.17) is 14.6 Å². The summed E-state index contributed by atoms with van der Waals surface area (Å²) in [5, 5.41) is 9.14. The number of amides is 2. The Morgan fingerprint density at radius 2 is 1.89 bits per heavy atom. The van der Waals surface area contributed by atoms with Crippen LogP contribution >= 0.6 is 0 Å². The minimum atomic E-state index is -1.15. The normalized spacial score (nSPS) is 21.9. The van der Waals surface area contributed by atoms with Gasteiger partial charge < -0.3 is 24.4 Å². The smallest absolute Gasteiger partial charge is 0.309 e. The maximum absolute atomic E-state index is 14.2. The van der Waals surface area contributed by atoms with Gasteiger partial charge in [-0.15, -0.1) is 0 Å². The quantitative estimate of drug-likeness (QED) is 0.828. The fourth-order valence-electron chi connectivity index (χ4n) is 3.15. The molecule has 3 rings (SSSR count). The van der Waals surface area contributed by atoms with Crippen molar-refractivity contribution < 1.29 is 33.4 Å². The summed E-state index contributed by atoms with van der Waals surface area (Å²) < 4.78 is 24.7. The van der Waals surface area contributed by atoms with Crippen molar-refractivity contribution in [2.75, 3.05) is 44.4 Å². The summed E-state index contributed by atoms with van der Waals surface area (Å²) in [6, 6.07) is 3.73. The van der Waals surface area contributed by atoms with E-state index in [1.165, 1.54) is 17.9 Å². The first-order valence-electron chi connectivity index (χ1n) is 8.72. The van der Waals surface area contributed by atoms with Gasteiger partial charge >= 0.3 is 5.97 Å². The molecule has 0 aliphatic carbocycles. The lowest BCUT2D eigenvalue weighted by Crippen LogP contribution is -2.51. The van der Waals surface area contributed by atoms with Crippen molar-refractivity contribution in [2.45, 2.75) is 13.0 Å². The molecule has 2 heterocycles. The van der Waals surface area contributed by atoms with Crippen LogP contribution in [0.2, 0.25) is 0 Å². The van der Waals surface area contributed by atoms with E-state index in [1.807, 2.05) is 0 Å². The molecule has 0 aromatic heterocycles. The third kappa shape index (κ3) is 4.09. The van der Waals surface area contributed by atoms with E-state index in [1.54, 1.807) is 4.90 Å². The van der Waals surface area contributed by atoms with Crippen LogP contribution in [0.1, 0.15) is 17.3 Å². The van der Waals surface area contributed by atoms with E-state index >= 15 is 0 Å². The zero-order valence-electron chi connectivity index (χ0n) is 14.9. The molecule has 0 saturated carbocycles. The van der Waals surface area contributed by atoms with Crippen molar-refractivity contribution in [3.05, 3.63) is 29.6 Å². The molecule has 2 aliphatic heterocycles. The molecule has 146 valence electrons. The second kappa shape index (κ2) is 8.01. The van der Waals surface area contributed by atoms with Crippen LogP contribution in [0.5, 0.6) is 0 Å². The van der Waals surface area contributed by atoms with E-state index in [2.05, 4.69) is 0 Å². The molecule has 1 N–H and O–H groups in total. The molecule has 9 heteroatoms. The van der Waals surface area contributed by atoms with E-state index < -0.39 is 29.7 Å². The van der Waals surface area contributed by atoms with Crippen molar-refractivity contribution in [1.29, 1.82) is 0 Å². The number of benzene rings is 1. The lowest BCUT2D eigenvalue weighted by molar-refractivity contribution is -0.154. The molecule has 1 aromatic rings. The van der Waals surface area contributed by atoms with Crippen molar-refractivity contribution in [3.8, 4) is 0 Å². The number of nitrogens with zero attached hydrogens (tertiary/aromatic N) is 2. The molecule has 8 nitrogen and oxygen atoms in total. The van der Waals surface area contributed by atoms with Crippen LogP contribution in [0.25, 0.3) is 0 Å². The Labute approximate surface area is 155 Å². The van der Waals surface area contributed by atoms with Gasteiger partial charge in [0.1, 0.15) is 11.9 Å². The minimum Gasteiger partial charge on any atom is -0.481 e. The van der Waals surface area contributed by atoms with Gasteiger partial charge in [0.15, 0.2) is 0 Å². The maximum atomic E-state index is 14.2. The highest BCUT2D eigenvalue weighted by Crippen LogP contribution is 2.25. The number of ether oxygens (including phenoxy) is 2. The zero-order valence-corrected chi connectivity index (χ0v) is 14.9. The molecule has 2 saturated heterocycles. The Kier molecular flexibility index (Phi) is 5.71. The standard InChI is InChI=1S/C18H21FN2O6/c1-11(18(24)25)15-17(23)21(4-7-27-15)14-9-12(8-13(19)10-14)16(22)20-2-5-26-6-3-20/h8-11,15H,2-7H2,1H3,(H,24,25). The van der Waals surface area contributed by atoms with Gasteiger partial charge in [0, 0.05) is 30.9 Å². The second-order valence-corrected chi connectivity index (χ2v) is 6.51. The number of aliphatic carboxylic acids is 1. The van der Waals surface area contributed by atoms with Gasteiger partial charge in [-0.1, -0.05) is 0 Å². The van der Waals surface area contributed by atoms with Gasteiger partial charge in [0.25, 0.3) is 11.8 Å². The van der Waals surface area contributed by atoms with Gasteiger partial charge in [-0.3, -0.25) is 14.4 Å². The molecule has 1 aromatic carbocycles. The average Bonchev–Trinajstić information content (AvgIpc) is 2.67. The van der Waals surface area contributed by atoms with Gasteiger partial charge in [0.2, 0.25) is 0 Å². The summed E-state index contributed by atoms with van der Waals surface area (Å²) in [6.45, 7) is 3.33. The molecule has 0 bridgehead atoms. The summed E-state index contributed by atoms with van der Waals surface area (Å²) in [4.78, 5) is 39.3. The number of carbonyl (C=O) groups is 3. The Bertz CT molecular complexity index is 749. The Balaban J connectivity index is 1.85. The van der Waals surface area contributed by atoms with Crippen LogP contribution in [0.15, 0.2) is 18.2 Å². The van der Waals surface area contributed by atoms with Gasteiger partial charge in [-0.2, -0.15) is 0 Å². The van der Waals surface area contributed by atoms with Crippen molar-refractivity contribution >= 4 is 23.5 Å². The highest BCUT2D eigenvalue weighted by molar-refractivity contribution is 6.01. The number of anilines is 1. The first-order chi connectivity index (χ1) is 12.9. The number of carboxylic acid groups (broad SMARTS) is 1. The summed E-state index contributed by atoms with van der Waals surface area (Å²) in [6.07, 6.45) is -1.15. The van der Waals surface area contributed by atoms with Crippen LogP contribution in [0.3, 0.4) is 0 Å². The van der Waals surface area contributed by atoms with Gasteiger partial charge in [-0.05, 0) is 25.1 Å². The predicted molar refractivity (Wildman–Crippen MR) is 92.0 cm³/mol. The monoisotopic (exact) mass is 380 g/mol. The number of carbonyl (C=O) groups excluding carboxylic acids is 2. The largest absolute Gasteiger partial charge is 0.481 e. The fourth-order valence-corrected chi connectivity index (χ4v) is 3.15. The Morgan fingerprint density at radius 3 is 2.56 bits per heavy atom. The molecule has 2 unspecified atom stereocenters. The highest BCUT2D eigenvalue weighted by atomic mass is 19.1. The summed E-state index contributed by atoms with van der Waals surface area (Å²) in [7, 11) is 0. The third-order valence-electron chi connectivity index (χ3n) is 4.70. The van der Waals surface area contributed by atoms with Crippen molar-refractivity contribution in [1.82, 2.24) is 4.90 Å². The second-order valence-electron chi connectivity index (χ2n) is 6.51. The van der Waals surface area contributed by atoms with E-state index in [0.717, 1.165) is 12.1 Å². The fraction of sp³-hybridized carbons (Fsp3) is 0.500. The maximum Gasteiger partial charge on any atom is 0.309 e. The number of hydrogen-bond donors (Lipinski definition) is 1. The lowest BCUT2D eigenvalue weighted by atomic mass is 10.0. The minimum absolute atomic E-state index is 0.122. The number of carboxylic acids is 1. The molecule has 0 radical (unpaired) electrons. The molecule has 2 atom stereocenters. The van der Waals surface area contributed by atoms with Crippen LogP contribution in [0, 0.1) is 11.7 Å². The summed E-state index contributed by atoms with van der Waals surface area (Å²) in [5.74, 6) is -3.74. The predicted octanol–water partition coefficient (Wildman–Crippen LogP) is 0.751. The van der Waals surface area contributed by atoms with Crippen LogP contribution in [0.4, 0.5) is 10.1 Å². The lowest BCUT2D eigenvalue weighted by Gasteiger charge is -2.34. The van der Waals surface area contributed by atoms with E-state index in [-0.39, 0.29) is 30.3 Å². The molecule has 2 fully saturated rings. The molecule has 27 heavy (non-hydrogen) atoms. The summed E-state index contributed by atoms with van der Waals surface area (Å²) >= 11 is 0. The van der Waals surface area contributed by atoms with Crippen molar-refractivity contribution in [3.63, 3.8) is 0 Å². The average molecular weight is 380 g/mol. The van der Waals surface area contributed by atoms with E-state index in [0.29, 0.717) is 26.3 Å². The van der Waals surface area contributed by atoms with Crippen molar-refractivity contribution in [2.24, 2.45) is 5.92 Å². The topological polar surface area (TPSA) is 96.4 Å².